The van der Waals surface area contributed by atoms with Gasteiger partial charge in [-0.15, -0.1) is 0 Å². The highest BCUT2D eigenvalue weighted by atomic mass is 16.4. The molecular formula is C7H13NO3. The first-order valence-electron chi connectivity index (χ1n) is 3.46. The van der Waals surface area contributed by atoms with Gasteiger partial charge in [-0.25, -0.2) is 4.79 Å². The molecular weight excluding hydrogens is 146 g/mol. The molecule has 64 valence electrons. The topological polar surface area (TPSA) is 57.6 Å². The molecule has 1 amide bonds. The highest BCUT2D eigenvalue weighted by Gasteiger charge is 2.20. The van der Waals surface area contributed by atoms with Crippen molar-refractivity contribution in [3.63, 3.8) is 0 Å². The van der Waals surface area contributed by atoms with E-state index >= 15 is 0 Å². The fourth-order valence-electron chi connectivity index (χ4n) is 0.788. The maximum atomic E-state index is 10.4. The molecule has 1 N–H and O–H groups in total. The molecule has 0 fully saturated rings. The summed E-state index contributed by atoms with van der Waals surface area (Å²) in [6, 6.07) is -0.814. The Hall–Kier alpha value is -1.06. The zero-order chi connectivity index (χ0) is 9.02. The van der Waals surface area contributed by atoms with Crippen molar-refractivity contribution in [2.24, 2.45) is 0 Å². The molecule has 0 spiro atoms. The van der Waals surface area contributed by atoms with Gasteiger partial charge in [-0.1, -0.05) is 0 Å². The Bertz CT molecular complexity index is 156. The van der Waals surface area contributed by atoms with Gasteiger partial charge in [0, 0.05) is 6.04 Å². The second kappa shape index (κ2) is 3.95. The fraction of sp³-hybridized carbons (Fsp3) is 0.714. The number of hydrogen-bond donors (Lipinski definition) is 1. The summed E-state index contributed by atoms with van der Waals surface area (Å²) in [4.78, 5) is 22.0. The number of carbonyl (C=O) groups is 2. The predicted molar refractivity (Wildman–Crippen MR) is 40.1 cm³/mol. The first-order valence-corrected chi connectivity index (χ1v) is 3.46. The average molecular weight is 159 g/mol. The summed E-state index contributed by atoms with van der Waals surface area (Å²) in [5.74, 6) is -0.981. The van der Waals surface area contributed by atoms with Gasteiger partial charge in [0.1, 0.15) is 6.04 Å². The summed E-state index contributed by atoms with van der Waals surface area (Å²) >= 11 is 0. The van der Waals surface area contributed by atoms with Gasteiger partial charge in [0.15, 0.2) is 0 Å². The van der Waals surface area contributed by atoms with E-state index in [0.717, 1.165) is 0 Å². The number of carbonyl (C=O) groups excluding carboxylic acids is 1. The average Bonchev–Trinajstić information content (AvgIpc) is 1.88. The molecule has 0 aliphatic carbocycles. The minimum absolute atomic E-state index is 0.0707. The van der Waals surface area contributed by atoms with Crippen LogP contribution in [0.3, 0.4) is 0 Å². The van der Waals surface area contributed by atoms with Crippen LogP contribution in [-0.4, -0.2) is 34.5 Å². The number of carboxylic acid groups (broad SMARTS) is 1. The van der Waals surface area contributed by atoms with Crippen molar-refractivity contribution < 1.29 is 14.7 Å². The Labute approximate surface area is 65.8 Å². The van der Waals surface area contributed by atoms with Crippen LogP contribution in [0.5, 0.6) is 0 Å². The van der Waals surface area contributed by atoms with Crippen LogP contribution in [0.15, 0.2) is 0 Å². The normalized spacial score (nSPS) is 12.7. The molecule has 0 heterocycles. The van der Waals surface area contributed by atoms with Crippen molar-refractivity contribution >= 4 is 12.4 Å². The SMILES string of the molecule is CC(C)N(C=O)C(C)C(=O)O. The smallest absolute Gasteiger partial charge is 0.326 e. The van der Waals surface area contributed by atoms with E-state index in [4.69, 9.17) is 5.11 Å². The molecule has 4 nitrogen and oxygen atoms in total. The van der Waals surface area contributed by atoms with Crippen LogP contribution in [0.1, 0.15) is 20.8 Å². The molecule has 0 aromatic heterocycles. The van der Waals surface area contributed by atoms with Crippen molar-refractivity contribution in [3.05, 3.63) is 0 Å². The number of amides is 1. The third-order valence-corrected chi connectivity index (χ3v) is 1.52. The second-order valence-electron chi connectivity index (χ2n) is 2.66. The van der Waals surface area contributed by atoms with Crippen LogP contribution in [0.25, 0.3) is 0 Å². The third-order valence-electron chi connectivity index (χ3n) is 1.52. The standard InChI is InChI=1S/C7H13NO3/c1-5(2)8(4-9)6(3)7(10)11/h4-6H,1-3H3,(H,10,11). The van der Waals surface area contributed by atoms with E-state index in [2.05, 4.69) is 0 Å². The number of nitrogens with zero attached hydrogens (tertiary/aromatic N) is 1. The van der Waals surface area contributed by atoms with Crippen molar-refractivity contribution in [2.45, 2.75) is 32.9 Å². The fourth-order valence-corrected chi connectivity index (χ4v) is 0.788. The number of aliphatic carboxylic acids is 1. The Kier molecular flexibility index (Phi) is 3.57. The molecule has 0 radical (unpaired) electrons. The van der Waals surface area contributed by atoms with Crippen LogP contribution in [0.2, 0.25) is 0 Å². The number of hydrogen-bond acceptors (Lipinski definition) is 2. The Balaban J connectivity index is 4.25. The van der Waals surface area contributed by atoms with E-state index in [9.17, 15) is 9.59 Å². The third kappa shape index (κ3) is 2.57. The molecule has 0 saturated carbocycles. The molecule has 1 unspecified atom stereocenters. The monoisotopic (exact) mass is 159 g/mol. The van der Waals surface area contributed by atoms with E-state index in [1.165, 1.54) is 11.8 Å². The zero-order valence-electron chi connectivity index (χ0n) is 6.94. The molecule has 0 aliphatic heterocycles. The second-order valence-corrected chi connectivity index (χ2v) is 2.66. The lowest BCUT2D eigenvalue weighted by Gasteiger charge is -2.25. The van der Waals surface area contributed by atoms with E-state index in [1.807, 2.05) is 0 Å². The largest absolute Gasteiger partial charge is 0.480 e. The molecule has 11 heavy (non-hydrogen) atoms. The quantitative estimate of drug-likeness (QED) is 0.601. The minimum Gasteiger partial charge on any atom is -0.480 e. The van der Waals surface area contributed by atoms with Gasteiger partial charge in [0.25, 0.3) is 0 Å². The maximum absolute atomic E-state index is 10.4. The van der Waals surface area contributed by atoms with E-state index in [0.29, 0.717) is 6.41 Å². The molecule has 4 heteroatoms. The van der Waals surface area contributed by atoms with Crippen molar-refractivity contribution in [1.82, 2.24) is 4.90 Å². The molecule has 0 bridgehead atoms. The Morgan fingerprint density at radius 1 is 1.45 bits per heavy atom. The minimum atomic E-state index is -0.981. The first kappa shape index (κ1) is 9.94. The van der Waals surface area contributed by atoms with Crippen LogP contribution < -0.4 is 0 Å². The van der Waals surface area contributed by atoms with E-state index < -0.39 is 12.0 Å². The highest BCUT2D eigenvalue weighted by Crippen LogP contribution is 2.01. The van der Waals surface area contributed by atoms with Crippen LogP contribution in [0.4, 0.5) is 0 Å². The summed E-state index contributed by atoms with van der Waals surface area (Å²) < 4.78 is 0. The van der Waals surface area contributed by atoms with Gasteiger partial charge in [0.2, 0.25) is 6.41 Å². The van der Waals surface area contributed by atoms with Crippen molar-refractivity contribution in [1.29, 1.82) is 0 Å². The summed E-state index contributed by atoms with van der Waals surface area (Å²) in [6.07, 6.45) is 0.559. The molecule has 0 saturated heterocycles. The summed E-state index contributed by atoms with van der Waals surface area (Å²) in [5, 5.41) is 8.53. The molecule has 0 aromatic rings. The number of carboxylic acids is 1. The lowest BCUT2D eigenvalue weighted by molar-refractivity contribution is -0.146. The predicted octanol–water partition coefficient (Wildman–Crippen LogP) is 0.326. The van der Waals surface area contributed by atoms with Gasteiger partial charge in [-0.05, 0) is 20.8 Å². The first-order chi connectivity index (χ1) is 5.00. The van der Waals surface area contributed by atoms with E-state index in [1.54, 1.807) is 13.8 Å². The highest BCUT2D eigenvalue weighted by molar-refractivity contribution is 5.75. The lowest BCUT2D eigenvalue weighted by Crippen LogP contribution is -2.42. The molecule has 0 rings (SSSR count). The van der Waals surface area contributed by atoms with Crippen LogP contribution >= 0.6 is 0 Å². The summed E-state index contributed by atoms with van der Waals surface area (Å²) in [7, 11) is 0. The van der Waals surface area contributed by atoms with Crippen LogP contribution in [0, 0.1) is 0 Å². The Morgan fingerprint density at radius 3 is 2.00 bits per heavy atom. The van der Waals surface area contributed by atoms with Gasteiger partial charge in [0.05, 0.1) is 0 Å². The van der Waals surface area contributed by atoms with Gasteiger partial charge in [-0.2, -0.15) is 0 Å². The van der Waals surface area contributed by atoms with E-state index in [-0.39, 0.29) is 6.04 Å². The van der Waals surface area contributed by atoms with Crippen molar-refractivity contribution in [3.8, 4) is 0 Å². The molecule has 0 aliphatic rings. The lowest BCUT2D eigenvalue weighted by atomic mass is 10.2. The summed E-state index contributed by atoms with van der Waals surface area (Å²) in [5.41, 5.74) is 0. The van der Waals surface area contributed by atoms with Gasteiger partial charge >= 0.3 is 5.97 Å². The molecule has 1 atom stereocenters. The maximum Gasteiger partial charge on any atom is 0.326 e. The van der Waals surface area contributed by atoms with Gasteiger partial charge < -0.3 is 10.0 Å². The number of rotatable bonds is 4. The summed E-state index contributed by atoms with van der Waals surface area (Å²) in [6.45, 7) is 5.03. The van der Waals surface area contributed by atoms with Gasteiger partial charge in [-0.3, -0.25) is 4.79 Å². The zero-order valence-corrected chi connectivity index (χ0v) is 6.94. The molecule has 0 aromatic carbocycles. The van der Waals surface area contributed by atoms with Crippen molar-refractivity contribution in [2.75, 3.05) is 0 Å². The van der Waals surface area contributed by atoms with Crippen LogP contribution in [-0.2, 0) is 9.59 Å². The Morgan fingerprint density at radius 2 is 1.91 bits per heavy atom.